The zero-order chi connectivity index (χ0) is 13.7. The van der Waals surface area contributed by atoms with E-state index >= 15 is 0 Å². The Hall–Kier alpha value is -2.24. The van der Waals surface area contributed by atoms with Gasteiger partial charge in [0.2, 0.25) is 5.95 Å². The molecular formula is C13H16FN5. The van der Waals surface area contributed by atoms with E-state index in [1.165, 1.54) is 12.1 Å². The van der Waals surface area contributed by atoms with Crippen LogP contribution in [0, 0.1) is 5.82 Å². The summed E-state index contributed by atoms with van der Waals surface area (Å²) in [4.78, 5) is 4.28. The molecule has 0 aliphatic heterocycles. The molecule has 6 heteroatoms. The predicted molar refractivity (Wildman–Crippen MR) is 72.3 cm³/mol. The Morgan fingerprint density at radius 2 is 1.95 bits per heavy atom. The van der Waals surface area contributed by atoms with Crippen LogP contribution >= 0.6 is 0 Å². The first-order chi connectivity index (χ1) is 9.13. The van der Waals surface area contributed by atoms with Crippen LogP contribution in [0.25, 0.3) is 0 Å². The Bertz CT molecular complexity index is 527. The number of nitrogens with one attached hydrogen (secondary N) is 2. The third-order valence-corrected chi connectivity index (χ3v) is 2.36. The molecule has 2 N–H and O–H groups in total. The highest BCUT2D eigenvalue weighted by atomic mass is 19.1. The lowest BCUT2D eigenvalue weighted by Crippen LogP contribution is -2.14. The van der Waals surface area contributed by atoms with Gasteiger partial charge < -0.3 is 10.6 Å². The van der Waals surface area contributed by atoms with Crippen molar-refractivity contribution in [1.82, 2.24) is 15.2 Å². The fourth-order valence-corrected chi connectivity index (χ4v) is 1.50. The molecular weight excluding hydrogens is 245 g/mol. The molecule has 19 heavy (non-hydrogen) atoms. The van der Waals surface area contributed by atoms with Crippen LogP contribution in [-0.4, -0.2) is 21.2 Å². The standard InChI is InChI=1S/C13H16FN5/c1-9(2)17-13-18-12(8-16-19-13)15-7-10-3-5-11(14)6-4-10/h3-6,8-9H,7H2,1-2H3,(H2,15,17,18,19). The van der Waals surface area contributed by atoms with Crippen LogP contribution in [0.1, 0.15) is 19.4 Å². The number of hydrogen-bond donors (Lipinski definition) is 2. The van der Waals surface area contributed by atoms with Gasteiger partial charge in [0.25, 0.3) is 0 Å². The van der Waals surface area contributed by atoms with Gasteiger partial charge in [0.1, 0.15) is 5.82 Å². The minimum absolute atomic E-state index is 0.240. The van der Waals surface area contributed by atoms with E-state index in [-0.39, 0.29) is 11.9 Å². The average molecular weight is 261 g/mol. The van der Waals surface area contributed by atoms with Crippen molar-refractivity contribution in [2.45, 2.75) is 26.4 Å². The Balaban J connectivity index is 1.97. The maximum absolute atomic E-state index is 12.8. The molecule has 0 aliphatic rings. The monoisotopic (exact) mass is 261 g/mol. The van der Waals surface area contributed by atoms with Crippen molar-refractivity contribution in [3.63, 3.8) is 0 Å². The number of nitrogens with zero attached hydrogens (tertiary/aromatic N) is 3. The van der Waals surface area contributed by atoms with E-state index in [4.69, 9.17) is 0 Å². The molecule has 2 aromatic rings. The van der Waals surface area contributed by atoms with Gasteiger partial charge in [0, 0.05) is 12.6 Å². The largest absolute Gasteiger partial charge is 0.365 e. The first-order valence-electron chi connectivity index (χ1n) is 6.08. The second-order valence-corrected chi connectivity index (χ2v) is 4.44. The number of anilines is 2. The van der Waals surface area contributed by atoms with E-state index in [0.29, 0.717) is 18.3 Å². The minimum atomic E-state index is -0.240. The highest BCUT2D eigenvalue weighted by Crippen LogP contribution is 2.08. The molecule has 100 valence electrons. The number of aromatic nitrogens is 3. The van der Waals surface area contributed by atoms with Gasteiger partial charge in [-0.2, -0.15) is 10.1 Å². The summed E-state index contributed by atoms with van der Waals surface area (Å²) in [5.41, 5.74) is 0.971. The molecule has 1 aromatic heterocycles. The molecule has 1 aromatic carbocycles. The van der Waals surface area contributed by atoms with Crippen molar-refractivity contribution < 1.29 is 4.39 Å². The lowest BCUT2D eigenvalue weighted by atomic mass is 10.2. The maximum Gasteiger partial charge on any atom is 0.244 e. The number of rotatable bonds is 5. The van der Waals surface area contributed by atoms with Crippen molar-refractivity contribution in [2.24, 2.45) is 0 Å². The van der Waals surface area contributed by atoms with E-state index < -0.39 is 0 Å². The van der Waals surface area contributed by atoms with Gasteiger partial charge in [-0.25, -0.2) is 4.39 Å². The predicted octanol–water partition coefficient (Wildman–Crippen LogP) is 2.44. The Morgan fingerprint density at radius 1 is 1.21 bits per heavy atom. The van der Waals surface area contributed by atoms with Crippen LogP contribution in [-0.2, 0) is 6.54 Å². The molecule has 2 rings (SSSR count). The van der Waals surface area contributed by atoms with E-state index in [9.17, 15) is 4.39 Å². The van der Waals surface area contributed by atoms with Gasteiger partial charge >= 0.3 is 0 Å². The summed E-state index contributed by atoms with van der Waals surface area (Å²) < 4.78 is 12.8. The van der Waals surface area contributed by atoms with E-state index in [2.05, 4.69) is 25.8 Å². The highest BCUT2D eigenvalue weighted by molar-refractivity contribution is 5.38. The van der Waals surface area contributed by atoms with Crippen molar-refractivity contribution in [2.75, 3.05) is 10.6 Å². The zero-order valence-electron chi connectivity index (χ0n) is 10.9. The average Bonchev–Trinajstić information content (AvgIpc) is 2.38. The summed E-state index contributed by atoms with van der Waals surface area (Å²) in [5, 5.41) is 13.9. The maximum atomic E-state index is 12.8. The Kier molecular flexibility index (Phi) is 4.22. The summed E-state index contributed by atoms with van der Waals surface area (Å²) in [6.45, 7) is 4.56. The molecule has 5 nitrogen and oxygen atoms in total. The topological polar surface area (TPSA) is 62.7 Å². The smallest absolute Gasteiger partial charge is 0.244 e. The molecule has 0 unspecified atom stereocenters. The highest BCUT2D eigenvalue weighted by Gasteiger charge is 2.02. The SMILES string of the molecule is CC(C)Nc1nncc(NCc2ccc(F)cc2)n1. The number of benzene rings is 1. The minimum Gasteiger partial charge on any atom is -0.365 e. The van der Waals surface area contributed by atoms with Crippen molar-refractivity contribution in [1.29, 1.82) is 0 Å². The summed E-state index contributed by atoms with van der Waals surface area (Å²) in [7, 11) is 0. The van der Waals surface area contributed by atoms with Gasteiger partial charge in [-0.3, -0.25) is 0 Å². The molecule has 0 atom stereocenters. The summed E-state index contributed by atoms with van der Waals surface area (Å²) in [5.74, 6) is 0.873. The molecule has 0 bridgehead atoms. The number of halogens is 1. The lowest BCUT2D eigenvalue weighted by molar-refractivity contribution is 0.627. The van der Waals surface area contributed by atoms with E-state index in [0.717, 1.165) is 5.56 Å². The molecule has 0 amide bonds. The Labute approximate surface area is 111 Å². The van der Waals surface area contributed by atoms with Crippen molar-refractivity contribution in [3.8, 4) is 0 Å². The van der Waals surface area contributed by atoms with Crippen LogP contribution in [0.4, 0.5) is 16.2 Å². The second kappa shape index (κ2) is 6.08. The second-order valence-electron chi connectivity index (χ2n) is 4.44. The first kappa shape index (κ1) is 13.2. The molecule has 0 saturated carbocycles. The fraction of sp³-hybridized carbons (Fsp3) is 0.308. The van der Waals surface area contributed by atoms with Crippen LogP contribution in [0.3, 0.4) is 0 Å². The molecule has 0 radical (unpaired) electrons. The van der Waals surface area contributed by atoms with Crippen LogP contribution in [0.5, 0.6) is 0 Å². The van der Waals surface area contributed by atoms with Crippen LogP contribution in [0.2, 0.25) is 0 Å². The zero-order valence-corrected chi connectivity index (χ0v) is 10.9. The van der Waals surface area contributed by atoms with Crippen molar-refractivity contribution >= 4 is 11.8 Å². The lowest BCUT2D eigenvalue weighted by Gasteiger charge is -2.09. The van der Waals surface area contributed by atoms with Gasteiger partial charge in [-0.15, -0.1) is 5.10 Å². The van der Waals surface area contributed by atoms with Crippen LogP contribution in [0.15, 0.2) is 30.5 Å². The summed E-state index contributed by atoms with van der Waals surface area (Å²) >= 11 is 0. The van der Waals surface area contributed by atoms with Gasteiger partial charge in [0.15, 0.2) is 5.82 Å². The van der Waals surface area contributed by atoms with Crippen LogP contribution < -0.4 is 10.6 Å². The summed E-state index contributed by atoms with van der Waals surface area (Å²) in [6, 6.07) is 6.56. The van der Waals surface area contributed by atoms with E-state index in [1.54, 1.807) is 18.3 Å². The van der Waals surface area contributed by atoms with E-state index in [1.807, 2.05) is 13.8 Å². The molecule has 0 saturated heterocycles. The van der Waals surface area contributed by atoms with Crippen molar-refractivity contribution in [3.05, 3.63) is 41.8 Å². The molecule has 0 aliphatic carbocycles. The fourth-order valence-electron chi connectivity index (χ4n) is 1.50. The van der Waals surface area contributed by atoms with Gasteiger partial charge in [-0.1, -0.05) is 12.1 Å². The van der Waals surface area contributed by atoms with Gasteiger partial charge in [0.05, 0.1) is 6.20 Å². The third kappa shape index (κ3) is 4.17. The third-order valence-electron chi connectivity index (χ3n) is 2.36. The molecule has 0 spiro atoms. The quantitative estimate of drug-likeness (QED) is 0.865. The number of hydrogen-bond acceptors (Lipinski definition) is 5. The first-order valence-corrected chi connectivity index (χ1v) is 6.08. The Morgan fingerprint density at radius 3 is 2.63 bits per heavy atom. The normalized spacial score (nSPS) is 10.5. The summed E-state index contributed by atoms with van der Waals surface area (Å²) in [6.07, 6.45) is 1.55. The molecule has 0 fully saturated rings. The van der Waals surface area contributed by atoms with Gasteiger partial charge in [-0.05, 0) is 31.5 Å². The molecule has 1 heterocycles.